The lowest BCUT2D eigenvalue weighted by Crippen LogP contribution is -2.33. The van der Waals surface area contributed by atoms with Gasteiger partial charge in [-0.3, -0.25) is 9.59 Å². The fourth-order valence-electron chi connectivity index (χ4n) is 2.58. The van der Waals surface area contributed by atoms with Gasteiger partial charge in [-0.1, -0.05) is 6.07 Å². The van der Waals surface area contributed by atoms with Crippen LogP contribution in [0.5, 0.6) is 0 Å². The number of thiophene rings is 1. The molecule has 0 saturated carbocycles. The molecule has 0 aromatic carbocycles. The van der Waals surface area contributed by atoms with E-state index >= 15 is 0 Å². The van der Waals surface area contributed by atoms with E-state index in [2.05, 4.69) is 15.4 Å². The highest BCUT2D eigenvalue weighted by Gasteiger charge is 2.13. The Morgan fingerprint density at radius 1 is 1.27 bits per heavy atom. The van der Waals surface area contributed by atoms with Gasteiger partial charge in [0.1, 0.15) is 5.56 Å². The summed E-state index contributed by atoms with van der Waals surface area (Å²) in [6.07, 6.45) is 2.23. The van der Waals surface area contributed by atoms with Gasteiger partial charge in [-0.15, -0.1) is 27.8 Å². The molecular weight excluding hydrogens is 370 g/mol. The standard InChI is InChI=1S/C17H15N5O2S2/c1-21-8-2-4-12(16(21)24)15(23)18-7-6-11-10-26-17-19-14(20-22(11)17)13-5-3-9-25-13/h2-5,8-10H,6-7H2,1H3,(H,18,23). The quantitative estimate of drug-likeness (QED) is 0.571. The van der Waals surface area contributed by atoms with Gasteiger partial charge in [0.05, 0.1) is 10.6 Å². The number of amides is 1. The Morgan fingerprint density at radius 2 is 2.15 bits per heavy atom. The molecule has 0 radical (unpaired) electrons. The highest BCUT2D eigenvalue weighted by molar-refractivity contribution is 7.15. The van der Waals surface area contributed by atoms with Crippen LogP contribution in [0.25, 0.3) is 15.7 Å². The largest absolute Gasteiger partial charge is 0.351 e. The van der Waals surface area contributed by atoms with E-state index in [1.165, 1.54) is 22.0 Å². The molecule has 0 fully saturated rings. The van der Waals surface area contributed by atoms with Crippen LogP contribution >= 0.6 is 22.7 Å². The molecule has 7 nitrogen and oxygen atoms in total. The van der Waals surface area contributed by atoms with E-state index in [0.717, 1.165) is 15.5 Å². The summed E-state index contributed by atoms with van der Waals surface area (Å²) in [5.74, 6) is 0.348. The van der Waals surface area contributed by atoms with E-state index in [0.29, 0.717) is 18.8 Å². The minimum atomic E-state index is -0.365. The van der Waals surface area contributed by atoms with E-state index in [4.69, 9.17) is 0 Å². The van der Waals surface area contributed by atoms with Crippen LogP contribution in [0.3, 0.4) is 0 Å². The molecule has 0 unspecified atom stereocenters. The molecule has 132 valence electrons. The zero-order chi connectivity index (χ0) is 18.1. The van der Waals surface area contributed by atoms with E-state index in [1.807, 2.05) is 27.4 Å². The van der Waals surface area contributed by atoms with Crippen molar-refractivity contribution in [1.29, 1.82) is 0 Å². The predicted octanol–water partition coefficient (Wildman–Crippen LogP) is 2.19. The number of hydrogen-bond donors (Lipinski definition) is 1. The second-order valence-corrected chi connectivity index (χ2v) is 7.46. The Hall–Kier alpha value is -2.78. The van der Waals surface area contributed by atoms with Crippen molar-refractivity contribution >= 4 is 33.5 Å². The summed E-state index contributed by atoms with van der Waals surface area (Å²) >= 11 is 3.12. The first kappa shape index (κ1) is 16.7. The number of aromatic nitrogens is 4. The number of pyridine rings is 1. The van der Waals surface area contributed by atoms with Gasteiger partial charge in [0, 0.05) is 31.6 Å². The number of thiazole rings is 1. The number of nitrogens with one attached hydrogen (secondary N) is 1. The van der Waals surface area contributed by atoms with Crippen molar-refractivity contribution in [3.8, 4) is 10.7 Å². The van der Waals surface area contributed by atoms with Gasteiger partial charge in [-0.05, 0) is 23.6 Å². The SMILES string of the molecule is Cn1cccc(C(=O)NCCc2csc3nc(-c4cccs4)nn23)c1=O. The molecule has 26 heavy (non-hydrogen) atoms. The highest BCUT2D eigenvalue weighted by Crippen LogP contribution is 2.24. The zero-order valence-corrected chi connectivity index (χ0v) is 15.5. The highest BCUT2D eigenvalue weighted by atomic mass is 32.1. The minimum absolute atomic E-state index is 0.145. The Bertz CT molecular complexity index is 1120. The van der Waals surface area contributed by atoms with Crippen LogP contribution in [-0.4, -0.2) is 31.6 Å². The summed E-state index contributed by atoms with van der Waals surface area (Å²) < 4.78 is 3.20. The fourth-order valence-corrected chi connectivity index (χ4v) is 4.09. The predicted molar refractivity (Wildman–Crippen MR) is 102 cm³/mol. The van der Waals surface area contributed by atoms with Crippen molar-refractivity contribution in [2.24, 2.45) is 7.05 Å². The summed E-state index contributed by atoms with van der Waals surface area (Å²) in [4.78, 5) is 30.6. The maximum Gasteiger partial charge on any atom is 0.263 e. The molecule has 0 atom stereocenters. The third kappa shape index (κ3) is 3.06. The zero-order valence-electron chi connectivity index (χ0n) is 13.9. The fraction of sp³-hybridized carbons (Fsp3) is 0.176. The van der Waals surface area contributed by atoms with Gasteiger partial charge in [-0.25, -0.2) is 4.52 Å². The third-order valence-corrected chi connectivity index (χ3v) is 5.66. The summed E-state index contributed by atoms with van der Waals surface area (Å²) in [5.41, 5.74) is 0.813. The average molecular weight is 385 g/mol. The molecule has 1 amide bonds. The Labute approximate surface area is 156 Å². The molecule has 0 aliphatic rings. The van der Waals surface area contributed by atoms with Crippen LogP contribution in [0.1, 0.15) is 16.1 Å². The number of carbonyl (C=O) groups is 1. The van der Waals surface area contributed by atoms with Crippen LogP contribution in [0.2, 0.25) is 0 Å². The normalized spacial score (nSPS) is 11.1. The monoisotopic (exact) mass is 385 g/mol. The molecule has 9 heteroatoms. The maximum absolute atomic E-state index is 12.2. The smallest absolute Gasteiger partial charge is 0.263 e. The average Bonchev–Trinajstić information content (AvgIpc) is 3.34. The lowest BCUT2D eigenvalue weighted by Gasteiger charge is -2.05. The molecule has 4 aromatic heterocycles. The first-order chi connectivity index (χ1) is 12.6. The summed E-state index contributed by atoms with van der Waals surface area (Å²) in [7, 11) is 1.62. The molecule has 0 bridgehead atoms. The van der Waals surface area contributed by atoms with Crippen LogP contribution < -0.4 is 10.9 Å². The molecule has 0 spiro atoms. The third-order valence-electron chi connectivity index (χ3n) is 3.93. The van der Waals surface area contributed by atoms with Crippen LogP contribution in [-0.2, 0) is 13.5 Å². The molecule has 0 saturated heterocycles. The van der Waals surface area contributed by atoms with Gasteiger partial charge in [0.15, 0.2) is 5.82 Å². The number of carbonyl (C=O) groups excluding carboxylic acids is 1. The minimum Gasteiger partial charge on any atom is -0.351 e. The van der Waals surface area contributed by atoms with Crippen molar-refractivity contribution < 1.29 is 4.79 Å². The molecule has 4 rings (SSSR count). The van der Waals surface area contributed by atoms with E-state index < -0.39 is 0 Å². The summed E-state index contributed by atoms with van der Waals surface area (Å²) in [6.45, 7) is 0.414. The Balaban J connectivity index is 1.46. The number of fused-ring (bicyclic) bond motifs is 1. The van der Waals surface area contributed by atoms with Crippen molar-refractivity contribution in [3.05, 3.63) is 62.8 Å². The van der Waals surface area contributed by atoms with Gasteiger partial charge >= 0.3 is 0 Å². The summed E-state index contributed by atoms with van der Waals surface area (Å²) in [5, 5.41) is 11.3. The van der Waals surface area contributed by atoms with Gasteiger partial charge in [-0.2, -0.15) is 4.98 Å². The molecule has 0 aliphatic carbocycles. The molecule has 4 heterocycles. The molecule has 1 N–H and O–H groups in total. The summed E-state index contributed by atoms with van der Waals surface area (Å²) in [6, 6.07) is 7.18. The second kappa shape index (κ2) is 6.85. The Kier molecular flexibility index (Phi) is 4.39. The number of hydrogen-bond acceptors (Lipinski definition) is 6. The molecule has 4 aromatic rings. The topological polar surface area (TPSA) is 81.3 Å². The number of aryl methyl sites for hydroxylation is 1. The van der Waals surface area contributed by atoms with Gasteiger partial charge < -0.3 is 9.88 Å². The van der Waals surface area contributed by atoms with Crippen molar-refractivity contribution in [1.82, 2.24) is 24.5 Å². The van der Waals surface area contributed by atoms with Crippen molar-refractivity contribution in [2.75, 3.05) is 6.54 Å². The van der Waals surface area contributed by atoms with Crippen LogP contribution in [0.4, 0.5) is 0 Å². The number of rotatable bonds is 5. The number of nitrogens with zero attached hydrogens (tertiary/aromatic N) is 4. The van der Waals surface area contributed by atoms with Crippen LogP contribution in [0, 0.1) is 0 Å². The second-order valence-electron chi connectivity index (χ2n) is 5.68. The van der Waals surface area contributed by atoms with Crippen LogP contribution in [0.15, 0.2) is 46.0 Å². The lowest BCUT2D eigenvalue weighted by molar-refractivity contribution is 0.0952. The van der Waals surface area contributed by atoms with E-state index in [1.54, 1.807) is 30.6 Å². The Morgan fingerprint density at radius 3 is 2.96 bits per heavy atom. The van der Waals surface area contributed by atoms with Gasteiger partial charge in [0.25, 0.3) is 11.5 Å². The van der Waals surface area contributed by atoms with Crippen molar-refractivity contribution in [2.45, 2.75) is 6.42 Å². The van der Waals surface area contributed by atoms with Crippen molar-refractivity contribution in [3.63, 3.8) is 0 Å². The lowest BCUT2D eigenvalue weighted by atomic mass is 10.2. The van der Waals surface area contributed by atoms with E-state index in [-0.39, 0.29) is 17.0 Å². The first-order valence-corrected chi connectivity index (χ1v) is 9.70. The first-order valence-electron chi connectivity index (χ1n) is 7.94. The van der Waals surface area contributed by atoms with E-state index in [9.17, 15) is 9.59 Å². The maximum atomic E-state index is 12.2. The van der Waals surface area contributed by atoms with Gasteiger partial charge in [0.2, 0.25) is 4.96 Å². The molecule has 0 aliphatic heterocycles. The molecular formula is C17H15N5O2S2.